The van der Waals surface area contributed by atoms with Crippen LogP contribution in [0.25, 0.3) is 0 Å². The van der Waals surface area contributed by atoms with Crippen LogP contribution in [0.3, 0.4) is 0 Å². The van der Waals surface area contributed by atoms with Gasteiger partial charge in [-0.15, -0.1) is 0 Å². The predicted molar refractivity (Wildman–Crippen MR) is 197 cm³/mol. The third kappa shape index (κ3) is 28.5. The molecule has 304 valence electrons. The molecule has 4 unspecified atom stereocenters. The van der Waals surface area contributed by atoms with Crippen LogP contribution in [-0.4, -0.2) is 99.5 Å². The Hall–Kier alpha value is -2.77. The number of methoxy groups -OCH3 is 2. The Kier molecular flexibility index (Phi) is 32.1. The number of esters is 5. The van der Waals surface area contributed by atoms with E-state index in [0.29, 0.717) is 19.6 Å². The number of aliphatic hydroxyl groups is 2. The number of epoxide rings is 1. The lowest BCUT2D eigenvalue weighted by Gasteiger charge is -2.21. The minimum absolute atomic E-state index is 0.0556. The molecule has 13 heteroatoms. The summed E-state index contributed by atoms with van der Waals surface area (Å²) in [6, 6.07) is 0. The maximum absolute atomic E-state index is 11.4. The molecule has 0 amide bonds. The van der Waals surface area contributed by atoms with Crippen LogP contribution in [0.4, 0.5) is 0 Å². The van der Waals surface area contributed by atoms with Crippen LogP contribution in [0.5, 0.6) is 0 Å². The van der Waals surface area contributed by atoms with Crippen LogP contribution in [-0.2, 0) is 52.4 Å². The van der Waals surface area contributed by atoms with Crippen molar-refractivity contribution < 1.29 is 62.6 Å². The maximum atomic E-state index is 11.4. The smallest absolute Gasteiger partial charge is 0.311 e. The first kappa shape index (κ1) is 55.0. The van der Waals surface area contributed by atoms with Gasteiger partial charge in [-0.2, -0.15) is 0 Å². The van der Waals surface area contributed by atoms with Crippen molar-refractivity contribution in [3.63, 3.8) is 0 Å². The van der Waals surface area contributed by atoms with Gasteiger partial charge in [0, 0.05) is 0 Å². The average Bonchev–Trinajstić information content (AvgIpc) is 3.96. The Morgan fingerprint density at radius 2 is 1.06 bits per heavy atom. The Labute approximate surface area is 308 Å². The van der Waals surface area contributed by atoms with Gasteiger partial charge in [-0.05, 0) is 80.6 Å². The van der Waals surface area contributed by atoms with E-state index >= 15 is 0 Å². The molecule has 0 aromatic carbocycles. The van der Waals surface area contributed by atoms with Crippen molar-refractivity contribution in [2.75, 3.05) is 47.3 Å². The molecule has 0 aromatic heterocycles. The van der Waals surface area contributed by atoms with E-state index in [-0.39, 0.29) is 71.8 Å². The second kappa shape index (κ2) is 29.8. The molecule has 1 heterocycles. The van der Waals surface area contributed by atoms with E-state index in [1.807, 2.05) is 83.1 Å². The topological polar surface area (TPSA) is 184 Å². The molecule has 0 radical (unpaired) electrons. The summed E-state index contributed by atoms with van der Waals surface area (Å²) in [6.45, 7) is 27.5. The number of rotatable bonds is 16. The summed E-state index contributed by atoms with van der Waals surface area (Å²) < 4.78 is 28.6. The van der Waals surface area contributed by atoms with E-state index in [0.717, 1.165) is 32.3 Å². The van der Waals surface area contributed by atoms with Gasteiger partial charge < -0.3 is 38.6 Å². The summed E-state index contributed by atoms with van der Waals surface area (Å²) in [5, 5.41) is 17.4. The first-order valence-corrected chi connectivity index (χ1v) is 18.1. The zero-order valence-electron chi connectivity index (χ0n) is 34.8. The van der Waals surface area contributed by atoms with Crippen molar-refractivity contribution >= 4 is 29.8 Å². The predicted octanol–water partition coefficient (Wildman–Crippen LogP) is 6.08. The Morgan fingerprint density at radius 3 is 1.33 bits per heavy atom. The van der Waals surface area contributed by atoms with Gasteiger partial charge in [0.05, 0.1) is 62.1 Å². The van der Waals surface area contributed by atoms with Crippen LogP contribution in [0.15, 0.2) is 0 Å². The fourth-order valence-corrected chi connectivity index (χ4v) is 2.48. The molecule has 13 nitrogen and oxygen atoms in total. The summed E-state index contributed by atoms with van der Waals surface area (Å²) in [4.78, 5) is 54.8. The minimum Gasteiger partial charge on any atom is -0.469 e. The molecule has 0 aliphatic carbocycles. The standard InChI is InChI=1S/C9H18O4.C9H16O3.2C7H14O2.C6H12O2/c1-4-9(2,3)8(12)13-6-7(11)5-10;1-4-9(2,3)8(10)12-6-7-5-11-7;1-5-7(2,3)6(8)9-4;1-4-6(3)7(8)9-5-2;1-4-5(2)6(7)8-3/h7,10-11H,4-6H2,1-3H3;7H,4-6H2,1-3H3;5H2,1-4H3;6H,4-5H2,1-3H3;5H,4H2,1-3H3. The highest BCUT2D eigenvalue weighted by Crippen LogP contribution is 2.23. The summed E-state index contributed by atoms with van der Waals surface area (Å²) >= 11 is 0. The minimum atomic E-state index is -0.975. The fourth-order valence-electron chi connectivity index (χ4n) is 2.48. The largest absolute Gasteiger partial charge is 0.469 e. The highest BCUT2D eigenvalue weighted by atomic mass is 16.6. The first-order valence-electron chi connectivity index (χ1n) is 18.1. The van der Waals surface area contributed by atoms with Crippen molar-refractivity contribution in [2.45, 2.75) is 141 Å². The molecule has 0 aromatic rings. The molecule has 2 N–H and O–H groups in total. The first-order chi connectivity index (χ1) is 23.5. The lowest BCUT2D eigenvalue weighted by molar-refractivity contribution is -0.158. The maximum Gasteiger partial charge on any atom is 0.311 e. The third-order valence-electron chi connectivity index (χ3n) is 8.43. The molecule has 1 aliphatic heterocycles. The Balaban J connectivity index is -0.000000274. The lowest BCUT2D eigenvalue weighted by Crippen LogP contribution is -2.30. The SMILES string of the molecule is CCC(C)(C)C(=O)OC.CCC(C)(C)C(=O)OCC(O)CO.CCC(C)(C)C(=O)OCC1CO1.CCC(C)C(=O)OC.CCOC(=O)C(C)CC. The van der Waals surface area contributed by atoms with Crippen LogP contribution in [0.1, 0.15) is 129 Å². The second-order valence-electron chi connectivity index (χ2n) is 14.1. The number of hydrogen-bond donors (Lipinski definition) is 2. The van der Waals surface area contributed by atoms with E-state index in [1.54, 1.807) is 13.8 Å². The van der Waals surface area contributed by atoms with Crippen molar-refractivity contribution in [3.05, 3.63) is 0 Å². The van der Waals surface area contributed by atoms with Crippen molar-refractivity contribution in [1.29, 1.82) is 0 Å². The van der Waals surface area contributed by atoms with Gasteiger partial charge in [0.15, 0.2) is 0 Å². The molecule has 1 saturated heterocycles. The molecule has 4 atom stereocenters. The van der Waals surface area contributed by atoms with Gasteiger partial charge in [-0.25, -0.2) is 0 Å². The van der Waals surface area contributed by atoms with E-state index in [4.69, 9.17) is 29.2 Å². The van der Waals surface area contributed by atoms with E-state index in [2.05, 4.69) is 9.47 Å². The molecule has 0 spiro atoms. The molecule has 1 fully saturated rings. The summed E-state index contributed by atoms with van der Waals surface area (Å²) in [5.74, 6) is -0.689. The average molecular weight is 739 g/mol. The van der Waals surface area contributed by atoms with Crippen LogP contribution in [0.2, 0.25) is 0 Å². The summed E-state index contributed by atoms with van der Waals surface area (Å²) in [6.07, 6.45) is 3.21. The molecule has 1 aliphatic rings. The normalized spacial score (nSPS) is 15.0. The Morgan fingerprint density at radius 1 is 0.667 bits per heavy atom. The van der Waals surface area contributed by atoms with Crippen molar-refractivity contribution in [1.82, 2.24) is 0 Å². The zero-order valence-corrected chi connectivity index (χ0v) is 34.8. The zero-order chi connectivity index (χ0) is 41.0. The van der Waals surface area contributed by atoms with Crippen LogP contribution >= 0.6 is 0 Å². The van der Waals surface area contributed by atoms with Gasteiger partial charge >= 0.3 is 29.8 Å². The monoisotopic (exact) mass is 739 g/mol. The summed E-state index contributed by atoms with van der Waals surface area (Å²) in [7, 11) is 2.83. The van der Waals surface area contributed by atoms with Crippen LogP contribution < -0.4 is 0 Å². The number of ether oxygens (including phenoxy) is 6. The quantitative estimate of drug-likeness (QED) is 0.106. The highest BCUT2D eigenvalue weighted by Gasteiger charge is 2.31. The van der Waals surface area contributed by atoms with Gasteiger partial charge in [0.25, 0.3) is 0 Å². The van der Waals surface area contributed by atoms with Crippen molar-refractivity contribution in [3.8, 4) is 0 Å². The van der Waals surface area contributed by atoms with Gasteiger partial charge in [0.2, 0.25) is 0 Å². The molecular formula is C38H74O13. The molecular weight excluding hydrogens is 664 g/mol. The lowest BCUT2D eigenvalue weighted by atomic mass is 9.91. The number of carbonyl (C=O) groups excluding carboxylic acids is 5. The summed E-state index contributed by atoms with van der Waals surface area (Å²) in [5.41, 5.74) is -1.18. The van der Waals surface area contributed by atoms with Gasteiger partial charge in [-0.1, -0.05) is 48.5 Å². The number of carbonyl (C=O) groups is 5. The van der Waals surface area contributed by atoms with E-state index in [9.17, 15) is 24.0 Å². The number of hydrogen-bond acceptors (Lipinski definition) is 13. The molecule has 0 saturated carbocycles. The Bertz CT molecular complexity index is 955. The van der Waals surface area contributed by atoms with E-state index < -0.39 is 11.5 Å². The molecule has 0 bridgehead atoms. The van der Waals surface area contributed by atoms with Crippen molar-refractivity contribution in [2.24, 2.45) is 28.1 Å². The van der Waals surface area contributed by atoms with Crippen LogP contribution in [0, 0.1) is 28.1 Å². The third-order valence-corrected chi connectivity index (χ3v) is 8.43. The van der Waals surface area contributed by atoms with E-state index in [1.165, 1.54) is 14.2 Å². The second-order valence-corrected chi connectivity index (χ2v) is 14.1. The highest BCUT2D eigenvalue weighted by molar-refractivity contribution is 5.76. The number of aliphatic hydroxyl groups excluding tert-OH is 2. The fraction of sp³-hybridized carbons (Fsp3) is 0.868. The molecule has 51 heavy (non-hydrogen) atoms. The molecule has 1 rings (SSSR count). The van der Waals surface area contributed by atoms with Gasteiger partial charge in [0.1, 0.15) is 25.4 Å². The van der Waals surface area contributed by atoms with Gasteiger partial charge in [-0.3, -0.25) is 24.0 Å².